The Labute approximate surface area is 360 Å². The van der Waals surface area contributed by atoms with Crippen LogP contribution in [0.3, 0.4) is 0 Å². The first-order chi connectivity index (χ1) is 29.5. The van der Waals surface area contributed by atoms with Gasteiger partial charge in [-0.3, -0.25) is 58.8 Å². The molecule has 12 N–H and O–H groups in total. The number of aromatic nitrogens is 1. The Morgan fingerprint density at radius 1 is 1.02 bits per heavy atom. The first-order valence-electron chi connectivity index (χ1n) is 19.8. The van der Waals surface area contributed by atoms with Gasteiger partial charge in [-0.05, 0) is 30.8 Å². The maximum atomic E-state index is 14.3. The van der Waals surface area contributed by atoms with E-state index >= 15 is 0 Å². The molecule has 8 atom stereocenters. The smallest absolute Gasteiger partial charge is 0.260 e. The highest BCUT2D eigenvalue weighted by Gasteiger charge is 2.42. The predicted molar refractivity (Wildman–Crippen MR) is 221 cm³/mol. The third-order valence-corrected chi connectivity index (χ3v) is 11.5. The number of benzene rings is 1. The molecule has 2 aromatic rings. The third-order valence-electron chi connectivity index (χ3n) is 10.4. The van der Waals surface area contributed by atoms with Gasteiger partial charge in [0.2, 0.25) is 53.7 Å². The topological polar surface area (TPSA) is 343 Å². The number of carbonyl (C=O) groups is 10. The first-order valence-corrected chi connectivity index (χ1v) is 20.8. The van der Waals surface area contributed by atoms with Crippen molar-refractivity contribution >= 4 is 82.2 Å². The summed E-state index contributed by atoms with van der Waals surface area (Å²) in [6.45, 7) is 3.38. The van der Waals surface area contributed by atoms with Crippen LogP contribution >= 0.6 is 11.8 Å². The van der Waals surface area contributed by atoms with Crippen molar-refractivity contribution in [3.05, 3.63) is 29.8 Å². The Morgan fingerprint density at radius 2 is 1.71 bits per heavy atom. The van der Waals surface area contributed by atoms with Crippen molar-refractivity contribution in [3.63, 3.8) is 0 Å². The number of thioether (sulfide) groups is 1. The second-order valence-electron chi connectivity index (χ2n) is 14.9. The van der Waals surface area contributed by atoms with Crippen molar-refractivity contribution < 1.29 is 53.1 Å². The number of aliphatic hydroxyl groups is 1. The molecule has 0 bridgehead atoms. The molecule has 2 aliphatic heterocycles. The van der Waals surface area contributed by atoms with Gasteiger partial charge in [-0.1, -0.05) is 49.6 Å². The number of aliphatic hydroxyl groups excluding tert-OH is 1. The van der Waals surface area contributed by atoms with E-state index in [9.17, 15) is 53.1 Å². The molecule has 1 fully saturated rings. The molecule has 338 valence electrons. The summed E-state index contributed by atoms with van der Waals surface area (Å²) in [5.41, 5.74) is 10.8. The second-order valence-corrected chi connectivity index (χ2v) is 15.9. The van der Waals surface area contributed by atoms with Crippen molar-refractivity contribution in [2.75, 3.05) is 32.4 Å². The summed E-state index contributed by atoms with van der Waals surface area (Å²) in [4.78, 5) is 136. The lowest BCUT2D eigenvalue weighted by atomic mass is 9.98. The van der Waals surface area contributed by atoms with Crippen molar-refractivity contribution in [1.29, 1.82) is 0 Å². The quantitative estimate of drug-likeness (QED) is 0.0707. The van der Waals surface area contributed by atoms with Crippen molar-refractivity contribution in [2.45, 2.75) is 93.8 Å². The fraction of sp³-hybridized carbons (Fsp3) is 0.526. The summed E-state index contributed by atoms with van der Waals surface area (Å²) >= 11 is 1.02. The highest BCUT2D eigenvalue weighted by Crippen LogP contribution is 2.35. The van der Waals surface area contributed by atoms with Gasteiger partial charge in [-0.2, -0.15) is 0 Å². The van der Waals surface area contributed by atoms with Gasteiger partial charge in [-0.25, -0.2) is 0 Å². The number of likely N-dealkylation sites (tertiary alicyclic amines) is 1. The van der Waals surface area contributed by atoms with E-state index in [-0.39, 0.29) is 31.5 Å². The van der Waals surface area contributed by atoms with Crippen LogP contribution in [0.25, 0.3) is 10.9 Å². The van der Waals surface area contributed by atoms with Crippen LogP contribution in [0.15, 0.2) is 29.3 Å². The molecular weight excluding hydrogens is 833 g/mol. The number of hydrogen-bond donors (Lipinski definition) is 11. The number of nitrogens with one attached hydrogen (secondary N) is 9. The molecule has 1 aromatic heterocycles. The Morgan fingerprint density at radius 3 is 2.39 bits per heavy atom. The van der Waals surface area contributed by atoms with Gasteiger partial charge in [0.1, 0.15) is 30.2 Å². The minimum absolute atomic E-state index is 0.154. The summed E-state index contributed by atoms with van der Waals surface area (Å²) in [7, 11) is 1.63. The minimum atomic E-state index is -1.77. The Hall–Kier alpha value is -6.27. The van der Waals surface area contributed by atoms with Crippen LogP contribution in [-0.2, 0) is 47.9 Å². The van der Waals surface area contributed by atoms with Crippen molar-refractivity contribution in [1.82, 2.24) is 58.0 Å². The summed E-state index contributed by atoms with van der Waals surface area (Å²) in [6.07, 6.45) is -1.64. The highest BCUT2D eigenvalue weighted by atomic mass is 32.2. The number of primary amides is 1. The van der Waals surface area contributed by atoms with Crippen LogP contribution < -0.4 is 58.8 Å². The number of hydrazine groups is 1. The Kier molecular flexibility index (Phi) is 17.6. The van der Waals surface area contributed by atoms with Gasteiger partial charge >= 0.3 is 0 Å². The molecule has 3 heterocycles. The van der Waals surface area contributed by atoms with E-state index in [0.717, 1.165) is 16.7 Å². The fourth-order valence-electron chi connectivity index (χ4n) is 6.76. The molecule has 2 aliphatic rings. The van der Waals surface area contributed by atoms with Gasteiger partial charge in [0, 0.05) is 31.2 Å². The van der Waals surface area contributed by atoms with E-state index in [4.69, 9.17) is 10.7 Å². The third kappa shape index (κ3) is 12.9. The van der Waals surface area contributed by atoms with Crippen LogP contribution in [-0.4, -0.2) is 138 Å². The average Bonchev–Trinajstić information content (AvgIpc) is 3.82. The van der Waals surface area contributed by atoms with Crippen LogP contribution in [0, 0.1) is 5.92 Å². The molecule has 0 spiro atoms. The molecule has 0 aliphatic carbocycles. The Balaban J connectivity index is 1.71. The number of nitrogens with two attached hydrogens (primary N) is 1. The SMILES string of the molecule is CC[C@H](C)[C@@H]1NC(=O)CNC(=O)C[C@H](NC)c2c([n-]c3ccccc23)SC[C@@H](C(=O)NC(CC(=O)NNC(=O)[C@H](C)NC=O)C(=O)N2C[C@H](O)C[C@H]2C(N)=O)NC(=O)CNC1=O. The number of para-hydroxylation sites is 1. The zero-order valence-electron chi connectivity index (χ0n) is 34.6. The van der Waals surface area contributed by atoms with E-state index in [1.165, 1.54) is 6.92 Å². The molecular formula is C38H53N12O11S-. The molecule has 4 rings (SSSR count). The van der Waals surface area contributed by atoms with Gasteiger partial charge in [0.15, 0.2) is 0 Å². The van der Waals surface area contributed by atoms with Crippen molar-refractivity contribution in [2.24, 2.45) is 11.7 Å². The maximum absolute atomic E-state index is 14.3. The average molecular weight is 886 g/mol. The number of rotatable bonds is 12. The zero-order chi connectivity index (χ0) is 45.7. The number of carbonyl (C=O) groups excluding carboxylic acids is 10. The normalized spacial score (nSPS) is 23.0. The molecule has 1 aromatic carbocycles. The highest BCUT2D eigenvalue weighted by molar-refractivity contribution is 7.99. The van der Waals surface area contributed by atoms with E-state index in [1.807, 2.05) is 0 Å². The molecule has 10 amide bonds. The largest absolute Gasteiger partial charge is 0.652 e. The molecule has 1 saturated heterocycles. The lowest BCUT2D eigenvalue weighted by Crippen LogP contribution is -2.59. The molecule has 0 radical (unpaired) electrons. The standard InChI is InChI=1S/C38H53N12O11S/c1-5-18(2)32-36(60)42-14-29(55)44-25(16-62-37-31(21-8-6-7-9-22(21)46-37)23(40-4)11-27(53)41-13-30(56)47-32)35(59)45-24(12-28(54)48-49-34(58)19(3)43-17-51)38(61)50-15-20(52)10-26(50)33(39)57/h6-9,17-20,23-26,32,40,52H,5,10-16H2,1-4H3,(H2,39,57)(H,41,53)(H,42,60)(H,43,51)(H,44,55)(H,45,59)(H,47,56)(H,48,54)(H,49,58)/q-1/t18-,19-,20+,23-,24?,25-,26-,32-/m0/s1. The van der Waals surface area contributed by atoms with Crippen LogP contribution in [0.5, 0.6) is 0 Å². The van der Waals surface area contributed by atoms with Gasteiger partial charge in [0.25, 0.3) is 5.91 Å². The fourth-order valence-corrected chi connectivity index (χ4v) is 7.89. The van der Waals surface area contributed by atoms with Gasteiger partial charge in [0.05, 0.1) is 25.6 Å². The summed E-state index contributed by atoms with van der Waals surface area (Å²) in [6, 6.07) is -0.329. The maximum Gasteiger partial charge on any atom is 0.260 e. The van der Waals surface area contributed by atoms with E-state index in [1.54, 1.807) is 45.2 Å². The van der Waals surface area contributed by atoms with E-state index in [0.29, 0.717) is 27.9 Å². The number of hydrogen-bond acceptors (Lipinski definition) is 13. The predicted octanol–water partition coefficient (Wildman–Crippen LogP) is -4.59. The van der Waals surface area contributed by atoms with Crippen LogP contribution in [0.2, 0.25) is 0 Å². The first kappa shape index (κ1) is 48.4. The monoisotopic (exact) mass is 885 g/mol. The summed E-state index contributed by atoms with van der Waals surface area (Å²) in [5, 5.41) is 29.4. The Bertz CT molecular complexity index is 2030. The molecule has 23 nitrogen and oxygen atoms in total. The molecule has 1 unspecified atom stereocenters. The molecule has 0 saturated carbocycles. The summed E-state index contributed by atoms with van der Waals surface area (Å²) < 4.78 is 0. The number of nitrogens with zero attached hydrogens (tertiary/aromatic N) is 2. The lowest BCUT2D eigenvalue weighted by Gasteiger charge is -2.29. The zero-order valence-corrected chi connectivity index (χ0v) is 35.4. The van der Waals surface area contributed by atoms with Crippen LogP contribution in [0.4, 0.5) is 0 Å². The van der Waals surface area contributed by atoms with Gasteiger partial charge < -0.3 is 57.9 Å². The molecule has 24 heteroatoms. The molecule has 62 heavy (non-hydrogen) atoms. The second kappa shape index (κ2) is 22.5. The number of β-amino-alcohol motifs (C(OH)–C–C–N with tert-alkyl or cyclic N) is 1. The van der Waals surface area contributed by atoms with E-state index in [2.05, 4.69) is 48.1 Å². The van der Waals surface area contributed by atoms with E-state index < -0.39 is 121 Å². The minimum Gasteiger partial charge on any atom is -0.652 e. The number of fused-ring (bicyclic) bond motifs is 3. The lowest BCUT2D eigenvalue weighted by molar-refractivity contribution is -0.142. The van der Waals surface area contributed by atoms with Crippen LogP contribution in [0.1, 0.15) is 58.1 Å². The number of amides is 10. The van der Waals surface area contributed by atoms with Gasteiger partial charge in [-0.15, -0.1) is 17.3 Å². The van der Waals surface area contributed by atoms with Crippen molar-refractivity contribution in [3.8, 4) is 0 Å². The summed E-state index contributed by atoms with van der Waals surface area (Å²) in [5.74, 6) is -8.15.